The molecule has 5 nitrogen and oxygen atoms in total. The van der Waals surface area contributed by atoms with E-state index in [4.69, 9.17) is 4.42 Å². The van der Waals surface area contributed by atoms with Gasteiger partial charge in [-0.25, -0.2) is 9.18 Å². The third-order valence-corrected chi connectivity index (χ3v) is 3.28. The molecule has 0 unspecified atom stereocenters. The normalized spacial score (nSPS) is 11.8. The van der Waals surface area contributed by atoms with Gasteiger partial charge in [-0.1, -0.05) is 27.7 Å². The maximum Gasteiger partial charge on any atom is 0.438 e. The highest BCUT2D eigenvalue weighted by atomic mass is 19.1. The lowest BCUT2D eigenvalue weighted by Gasteiger charge is -2.25. The minimum Gasteiger partial charge on any atom is -0.388 e. The molecule has 2 aromatic rings. The summed E-state index contributed by atoms with van der Waals surface area (Å²) in [7, 11) is 0. The Morgan fingerprint density at radius 1 is 1.13 bits per heavy atom. The zero-order valence-electron chi connectivity index (χ0n) is 14.1. The molecule has 0 bridgehead atoms. The van der Waals surface area contributed by atoms with Crippen molar-refractivity contribution < 1.29 is 8.81 Å². The van der Waals surface area contributed by atoms with Crippen molar-refractivity contribution in [3.8, 4) is 11.5 Å². The molecule has 1 heterocycles. The molecule has 0 aliphatic carbocycles. The van der Waals surface area contributed by atoms with E-state index >= 15 is 0 Å². The van der Waals surface area contributed by atoms with E-state index in [2.05, 4.69) is 37.7 Å². The first kappa shape index (κ1) is 17.4. The third-order valence-electron chi connectivity index (χ3n) is 3.28. The predicted molar refractivity (Wildman–Crippen MR) is 87.4 cm³/mol. The average Bonchev–Trinajstić information content (AvgIpc) is 2.79. The van der Waals surface area contributed by atoms with Crippen LogP contribution in [-0.2, 0) is 6.67 Å². The largest absolute Gasteiger partial charge is 0.438 e. The Morgan fingerprint density at radius 2 is 1.70 bits per heavy atom. The van der Waals surface area contributed by atoms with Crippen LogP contribution in [0.1, 0.15) is 27.7 Å². The lowest BCUT2D eigenvalue weighted by Crippen LogP contribution is -2.36. The fourth-order valence-corrected chi connectivity index (χ4v) is 2.52. The summed E-state index contributed by atoms with van der Waals surface area (Å²) >= 11 is 0. The van der Waals surface area contributed by atoms with E-state index in [1.807, 2.05) is 0 Å². The first-order valence-electron chi connectivity index (χ1n) is 7.91. The molecule has 23 heavy (non-hydrogen) atoms. The Morgan fingerprint density at radius 3 is 2.22 bits per heavy atom. The van der Waals surface area contributed by atoms with E-state index < -0.39 is 5.76 Å². The first-order chi connectivity index (χ1) is 10.8. The molecular formula is C17H24FN3O2. The van der Waals surface area contributed by atoms with Gasteiger partial charge in [0.1, 0.15) is 12.5 Å². The molecule has 0 fully saturated rings. The molecule has 0 aliphatic rings. The van der Waals surface area contributed by atoms with Crippen molar-refractivity contribution >= 4 is 0 Å². The van der Waals surface area contributed by atoms with Crippen LogP contribution in [0.15, 0.2) is 33.5 Å². The van der Waals surface area contributed by atoms with Gasteiger partial charge in [-0.2, -0.15) is 4.68 Å². The highest BCUT2D eigenvalue weighted by molar-refractivity contribution is 5.51. The third kappa shape index (κ3) is 5.03. The molecule has 0 aliphatic heterocycles. The fourth-order valence-electron chi connectivity index (χ4n) is 2.52. The summed E-state index contributed by atoms with van der Waals surface area (Å²) < 4.78 is 19.5. The highest BCUT2D eigenvalue weighted by Crippen LogP contribution is 2.16. The second-order valence-corrected chi connectivity index (χ2v) is 6.64. The Bertz CT molecular complexity index is 664. The van der Waals surface area contributed by atoms with Crippen LogP contribution in [0.4, 0.5) is 4.39 Å². The van der Waals surface area contributed by atoms with Gasteiger partial charge in [0, 0.05) is 18.7 Å². The molecule has 0 saturated heterocycles. The molecule has 1 aromatic heterocycles. The zero-order valence-corrected chi connectivity index (χ0v) is 14.1. The second kappa shape index (κ2) is 7.55. The summed E-state index contributed by atoms with van der Waals surface area (Å²) in [6.45, 7) is 10.7. The van der Waals surface area contributed by atoms with Gasteiger partial charge in [0.05, 0.1) is 0 Å². The van der Waals surface area contributed by atoms with Gasteiger partial charge >= 0.3 is 5.76 Å². The summed E-state index contributed by atoms with van der Waals surface area (Å²) in [5.41, 5.74) is 0.585. The Kier molecular flexibility index (Phi) is 5.71. The molecule has 1 aromatic carbocycles. The standard InChI is InChI=1S/C17H24FN3O2/c1-12(2)9-20(10-13(3)4)11-21-17(22)23-16(19-21)14-5-7-15(18)8-6-14/h5-8,12-13H,9-11H2,1-4H3. The van der Waals surface area contributed by atoms with E-state index in [-0.39, 0.29) is 11.7 Å². The zero-order chi connectivity index (χ0) is 17.0. The Balaban J connectivity index is 2.19. The smallest absolute Gasteiger partial charge is 0.388 e. The van der Waals surface area contributed by atoms with Gasteiger partial charge in [-0.15, -0.1) is 5.10 Å². The van der Waals surface area contributed by atoms with Crippen molar-refractivity contribution in [2.45, 2.75) is 34.4 Å². The van der Waals surface area contributed by atoms with Gasteiger partial charge in [0.15, 0.2) is 0 Å². The van der Waals surface area contributed by atoms with Crippen LogP contribution in [0.2, 0.25) is 0 Å². The van der Waals surface area contributed by atoms with Crippen LogP contribution < -0.4 is 5.76 Å². The van der Waals surface area contributed by atoms with Crippen molar-refractivity contribution in [2.24, 2.45) is 11.8 Å². The van der Waals surface area contributed by atoms with Crippen LogP contribution in [0, 0.1) is 17.7 Å². The van der Waals surface area contributed by atoms with Gasteiger partial charge in [0.25, 0.3) is 0 Å². The van der Waals surface area contributed by atoms with E-state index in [1.165, 1.54) is 16.8 Å². The van der Waals surface area contributed by atoms with Gasteiger partial charge < -0.3 is 4.42 Å². The minimum atomic E-state index is -0.498. The number of hydrogen-bond donors (Lipinski definition) is 0. The number of halogens is 1. The lowest BCUT2D eigenvalue weighted by atomic mass is 10.1. The highest BCUT2D eigenvalue weighted by Gasteiger charge is 2.15. The number of aromatic nitrogens is 2. The van der Waals surface area contributed by atoms with E-state index in [0.717, 1.165) is 13.1 Å². The Labute approximate surface area is 135 Å². The van der Waals surface area contributed by atoms with Crippen LogP contribution in [0.25, 0.3) is 11.5 Å². The average molecular weight is 321 g/mol. The SMILES string of the molecule is CC(C)CN(CC(C)C)Cn1nc(-c2ccc(F)cc2)oc1=O. The van der Waals surface area contributed by atoms with Gasteiger partial charge in [-0.05, 0) is 36.1 Å². The summed E-state index contributed by atoms with van der Waals surface area (Å²) in [5, 5.41) is 4.24. The number of rotatable bonds is 7. The molecule has 0 N–H and O–H groups in total. The summed E-state index contributed by atoms with van der Waals surface area (Å²) in [4.78, 5) is 14.2. The van der Waals surface area contributed by atoms with Crippen LogP contribution in [0.5, 0.6) is 0 Å². The second-order valence-electron chi connectivity index (χ2n) is 6.64. The maximum absolute atomic E-state index is 13.0. The fraction of sp³-hybridized carbons (Fsp3) is 0.529. The van der Waals surface area contributed by atoms with Crippen LogP contribution in [0.3, 0.4) is 0 Å². The molecule has 0 saturated carbocycles. The van der Waals surface area contributed by atoms with E-state index in [9.17, 15) is 9.18 Å². The number of benzene rings is 1. The Hall–Kier alpha value is -1.95. The first-order valence-corrected chi connectivity index (χ1v) is 7.91. The molecular weight excluding hydrogens is 297 g/mol. The van der Waals surface area contributed by atoms with Crippen molar-refractivity contribution in [3.63, 3.8) is 0 Å². The van der Waals surface area contributed by atoms with Crippen molar-refractivity contribution in [3.05, 3.63) is 40.6 Å². The number of nitrogens with zero attached hydrogens (tertiary/aromatic N) is 3. The van der Waals surface area contributed by atoms with Gasteiger partial charge in [0.2, 0.25) is 5.89 Å². The minimum absolute atomic E-state index is 0.212. The molecule has 0 amide bonds. The quantitative estimate of drug-likeness (QED) is 0.786. The van der Waals surface area contributed by atoms with Crippen molar-refractivity contribution in [2.75, 3.05) is 13.1 Å². The molecule has 0 atom stereocenters. The predicted octanol–water partition coefficient (Wildman–Crippen LogP) is 3.21. The molecule has 126 valence electrons. The molecule has 0 spiro atoms. The summed E-state index contributed by atoms with van der Waals surface area (Å²) in [5.74, 6) is 0.363. The number of hydrogen-bond acceptors (Lipinski definition) is 4. The lowest BCUT2D eigenvalue weighted by molar-refractivity contribution is 0.161. The van der Waals surface area contributed by atoms with Gasteiger partial charge in [-0.3, -0.25) is 4.90 Å². The molecule has 2 rings (SSSR count). The topological polar surface area (TPSA) is 51.3 Å². The van der Waals surface area contributed by atoms with E-state index in [1.54, 1.807) is 12.1 Å². The van der Waals surface area contributed by atoms with Crippen molar-refractivity contribution in [1.82, 2.24) is 14.7 Å². The van der Waals surface area contributed by atoms with E-state index in [0.29, 0.717) is 24.1 Å². The summed E-state index contributed by atoms with van der Waals surface area (Å²) in [6, 6.07) is 5.73. The monoisotopic (exact) mass is 321 g/mol. The van der Waals surface area contributed by atoms with Crippen LogP contribution >= 0.6 is 0 Å². The maximum atomic E-state index is 13.0. The molecule has 6 heteroatoms. The molecule has 0 radical (unpaired) electrons. The summed E-state index contributed by atoms with van der Waals surface area (Å²) in [6.07, 6.45) is 0. The van der Waals surface area contributed by atoms with Crippen molar-refractivity contribution in [1.29, 1.82) is 0 Å². The van der Waals surface area contributed by atoms with Crippen LogP contribution in [-0.4, -0.2) is 27.8 Å².